The number of para-hydroxylation sites is 1. The Bertz CT molecular complexity index is 919. The lowest BCUT2D eigenvalue weighted by molar-refractivity contribution is -0.113. The molecule has 0 saturated heterocycles. The van der Waals surface area contributed by atoms with Gasteiger partial charge in [-0.25, -0.2) is 9.18 Å². The van der Waals surface area contributed by atoms with Crippen molar-refractivity contribution in [3.8, 4) is 0 Å². The summed E-state index contributed by atoms with van der Waals surface area (Å²) in [6, 6.07) is 14.0. The van der Waals surface area contributed by atoms with Crippen molar-refractivity contribution in [2.45, 2.75) is 4.34 Å². The predicted molar refractivity (Wildman–Crippen MR) is 105 cm³/mol. The molecule has 3 amide bonds. The second kappa shape index (κ2) is 9.10. The Balaban J connectivity index is 1.45. The number of thioether (sulfide) groups is 1. The van der Waals surface area contributed by atoms with E-state index in [2.05, 4.69) is 26.1 Å². The summed E-state index contributed by atoms with van der Waals surface area (Å²) in [5, 5.41) is 15.9. The molecule has 10 heteroatoms. The molecule has 27 heavy (non-hydrogen) atoms. The van der Waals surface area contributed by atoms with E-state index in [4.69, 9.17) is 0 Å². The van der Waals surface area contributed by atoms with Crippen LogP contribution in [0.1, 0.15) is 0 Å². The number of amides is 3. The van der Waals surface area contributed by atoms with Crippen molar-refractivity contribution in [3.05, 3.63) is 60.4 Å². The molecular formula is C17H14FN5O2S2. The van der Waals surface area contributed by atoms with Gasteiger partial charge in [0.1, 0.15) is 5.82 Å². The van der Waals surface area contributed by atoms with Crippen LogP contribution in [0, 0.1) is 5.82 Å². The number of anilines is 3. The van der Waals surface area contributed by atoms with Crippen LogP contribution in [-0.4, -0.2) is 27.9 Å². The minimum atomic E-state index is -0.517. The molecule has 7 nitrogen and oxygen atoms in total. The monoisotopic (exact) mass is 403 g/mol. The normalized spacial score (nSPS) is 10.3. The summed E-state index contributed by atoms with van der Waals surface area (Å²) < 4.78 is 13.4. The highest BCUT2D eigenvalue weighted by Gasteiger charge is 2.11. The average molecular weight is 403 g/mol. The van der Waals surface area contributed by atoms with E-state index in [1.807, 2.05) is 18.2 Å². The first-order chi connectivity index (χ1) is 13.1. The van der Waals surface area contributed by atoms with Crippen LogP contribution >= 0.6 is 23.1 Å². The second-order valence-electron chi connectivity index (χ2n) is 5.16. The summed E-state index contributed by atoms with van der Waals surface area (Å²) >= 11 is 2.37. The van der Waals surface area contributed by atoms with Crippen LogP contribution in [0.15, 0.2) is 58.9 Å². The summed E-state index contributed by atoms with van der Waals surface area (Å²) in [5.41, 5.74) is 1.17. The number of aromatic nitrogens is 2. The van der Waals surface area contributed by atoms with Gasteiger partial charge < -0.3 is 10.6 Å². The molecule has 1 heterocycles. The maximum Gasteiger partial charge on any atom is 0.325 e. The first-order valence-electron chi connectivity index (χ1n) is 7.73. The van der Waals surface area contributed by atoms with E-state index in [1.165, 1.54) is 36.0 Å². The zero-order valence-electron chi connectivity index (χ0n) is 13.8. The van der Waals surface area contributed by atoms with Gasteiger partial charge in [0.25, 0.3) is 0 Å². The lowest BCUT2D eigenvalue weighted by Crippen LogP contribution is -2.19. The Labute approximate surface area is 162 Å². The molecule has 0 unspecified atom stereocenters. The number of benzene rings is 2. The molecule has 0 bridgehead atoms. The summed E-state index contributed by atoms with van der Waals surface area (Å²) in [6.07, 6.45) is 0. The number of rotatable bonds is 6. The number of hydrogen-bond acceptors (Lipinski definition) is 6. The van der Waals surface area contributed by atoms with Gasteiger partial charge in [-0.05, 0) is 36.4 Å². The van der Waals surface area contributed by atoms with E-state index in [-0.39, 0.29) is 17.5 Å². The molecule has 3 N–H and O–H groups in total. The minimum Gasteiger partial charge on any atom is -0.325 e. The fourth-order valence-corrected chi connectivity index (χ4v) is 3.50. The quantitative estimate of drug-likeness (QED) is 0.426. The molecular weight excluding hydrogens is 389 g/mol. The van der Waals surface area contributed by atoms with Gasteiger partial charge in [0, 0.05) is 11.4 Å². The Kier molecular flexibility index (Phi) is 6.34. The lowest BCUT2D eigenvalue weighted by Gasteiger charge is -2.04. The summed E-state index contributed by atoms with van der Waals surface area (Å²) in [6.45, 7) is 0. The fourth-order valence-electron chi connectivity index (χ4n) is 1.96. The van der Waals surface area contributed by atoms with Crippen LogP contribution in [0.4, 0.5) is 25.7 Å². The van der Waals surface area contributed by atoms with Gasteiger partial charge in [-0.2, -0.15) is 0 Å². The molecule has 0 atom stereocenters. The van der Waals surface area contributed by atoms with Gasteiger partial charge in [-0.1, -0.05) is 41.3 Å². The van der Waals surface area contributed by atoms with Crippen LogP contribution in [0.3, 0.4) is 0 Å². The fraction of sp³-hybridized carbons (Fsp3) is 0.0588. The smallest absolute Gasteiger partial charge is 0.325 e. The maximum atomic E-state index is 12.8. The lowest BCUT2D eigenvalue weighted by atomic mass is 10.3. The van der Waals surface area contributed by atoms with Crippen molar-refractivity contribution in [1.82, 2.24) is 10.2 Å². The van der Waals surface area contributed by atoms with E-state index in [9.17, 15) is 14.0 Å². The molecule has 1 aromatic heterocycles. The molecule has 0 fully saturated rings. The van der Waals surface area contributed by atoms with E-state index in [1.54, 1.807) is 12.1 Å². The van der Waals surface area contributed by atoms with Crippen molar-refractivity contribution < 1.29 is 14.0 Å². The SMILES string of the molecule is O=C(CSc1nnc(NC(=O)Nc2ccc(F)cc2)s1)Nc1ccccc1. The standard InChI is InChI=1S/C17H14FN5O2S2/c18-11-6-8-13(9-7-11)20-15(25)21-16-22-23-17(27-16)26-10-14(24)19-12-4-2-1-3-5-12/h1-9H,10H2,(H,19,24)(H2,20,21,22,25). The van der Waals surface area contributed by atoms with Crippen LogP contribution in [-0.2, 0) is 4.79 Å². The summed E-state index contributed by atoms with van der Waals surface area (Å²) in [7, 11) is 0. The molecule has 0 radical (unpaired) electrons. The minimum absolute atomic E-state index is 0.162. The van der Waals surface area contributed by atoms with E-state index in [0.717, 1.165) is 17.0 Å². The molecule has 138 valence electrons. The van der Waals surface area contributed by atoms with Crippen molar-refractivity contribution in [1.29, 1.82) is 0 Å². The maximum absolute atomic E-state index is 12.8. The number of carbonyl (C=O) groups is 2. The van der Waals surface area contributed by atoms with Gasteiger partial charge >= 0.3 is 6.03 Å². The average Bonchev–Trinajstić information content (AvgIpc) is 3.10. The second-order valence-corrected chi connectivity index (χ2v) is 7.36. The van der Waals surface area contributed by atoms with Crippen molar-refractivity contribution in [2.24, 2.45) is 0 Å². The van der Waals surface area contributed by atoms with Gasteiger partial charge in [-0.3, -0.25) is 10.1 Å². The first kappa shape index (κ1) is 18.8. The van der Waals surface area contributed by atoms with Gasteiger partial charge in [0.2, 0.25) is 11.0 Å². The molecule has 2 aromatic carbocycles. The first-order valence-corrected chi connectivity index (χ1v) is 9.53. The zero-order chi connectivity index (χ0) is 19.1. The summed E-state index contributed by atoms with van der Waals surface area (Å²) in [5.74, 6) is -0.376. The number of nitrogens with one attached hydrogen (secondary N) is 3. The molecule has 0 aliphatic heterocycles. The third-order valence-corrected chi connectivity index (χ3v) is 5.09. The van der Waals surface area contributed by atoms with Crippen molar-refractivity contribution >= 4 is 51.5 Å². The summed E-state index contributed by atoms with van der Waals surface area (Å²) in [4.78, 5) is 23.8. The molecule has 3 rings (SSSR count). The van der Waals surface area contributed by atoms with E-state index in [0.29, 0.717) is 15.2 Å². The number of halogens is 1. The molecule has 0 aliphatic rings. The number of urea groups is 1. The van der Waals surface area contributed by atoms with E-state index < -0.39 is 6.03 Å². The number of nitrogens with zero attached hydrogens (tertiary/aromatic N) is 2. The molecule has 0 spiro atoms. The predicted octanol–water partition coefficient (Wildman–Crippen LogP) is 4.05. The van der Waals surface area contributed by atoms with Crippen molar-refractivity contribution in [2.75, 3.05) is 21.7 Å². The van der Waals surface area contributed by atoms with Gasteiger partial charge in [-0.15, -0.1) is 10.2 Å². The Morgan fingerprint density at radius 3 is 2.37 bits per heavy atom. The highest BCUT2D eigenvalue weighted by atomic mass is 32.2. The van der Waals surface area contributed by atoms with Crippen LogP contribution in [0.2, 0.25) is 0 Å². The van der Waals surface area contributed by atoms with Gasteiger partial charge in [0.15, 0.2) is 4.34 Å². The number of carbonyl (C=O) groups excluding carboxylic acids is 2. The Hall–Kier alpha value is -2.98. The van der Waals surface area contributed by atoms with Crippen molar-refractivity contribution in [3.63, 3.8) is 0 Å². The number of hydrogen-bond donors (Lipinski definition) is 3. The Morgan fingerprint density at radius 1 is 0.926 bits per heavy atom. The Morgan fingerprint density at radius 2 is 1.63 bits per heavy atom. The topological polar surface area (TPSA) is 96.0 Å². The third-order valence-electron chi connectivity index (χ3n) is 3.11. The van der Waals surface area contributed by atoms with Crippen LogP contribution in [0.25, 0.3) is 0 Å². The van der Waals surface area contributed by atoms with Gasteiger partial charge in [0.05, 0.1) is 5.75 Å². The highest BCUT2D eigenvalue weighted by molar-refractivity contribution is 8.01. The third kappa shape index (κ3) is 6.04. The van der Waals surface area contributed by atoms with Crippen LogP contribution in [0.5, 0.6) is 0 Å². The molecule has 0 aliphatic carbocycles. The van der Waals surface area contributed by atoms with Crippen LogP contribution < -0.4 is 16.0 Å². The zero-order valence-corrected chi connectivity index (χ0v) is 15.4. The molecule has 0 saturated carbocycles. The van der Waals surface area contributed by atoms with E-state index >= 15 is 0 Å². The highest BCUT2D eigenvalue weighted by Crippen LogP contribution is 2.25. The molecule has 3 aromatic rings. The largest absolute Gasteiger partial charge is 0.325 e.